The van der Waals surface area contributed by atoms with Crippen molar-refractivity contribution in [3.05, 3.63) is 0 Å². The maximum Gasteiger partial charge on any atom is 0.187 e. The number of ether oxygens (including phenoxy) is 7. The van der Waals surface area contributed by atoms with Crippen LogP contribution in [-0.4, -0.2) is 221 Å². The molecule has 4 fully saturated rings. The smallest absolute Gasteiger partial charge is 0.187 e. The van der Waals surface area contributed by atoms with Gasteiger partial charge < -0.3 is 105 Å². The predicted octanol–water partition coefficient (Wildman–Crippen LogP) is -9.75. The van der Waals surface area contributed by atoms with E-state index in [1.165, 1.54) is 0 Å². The van der Waals surface area contributed by atoms with Gasteiger partial charge in [-0.15, -0.1) is 0 Å². The van der Waals surface area contributed by atoms with E-state index in [1.54, 1.807) is 0 Å². The molecule has 21 nitrogen and oxygen atoms in total. The minimum absolute atomic E-state index is 0.836. The van der Waals surface area contributed by atoms with Crippen molar-refractivity contribution in [2.24, 2.45) is 0 Å². The zero-order valence-corrected chi connectivity index (χ0v) is 23.5. The van der Waals surface area contributed by atoms with Gasteiger partial charge in [-0.1, -0.05) is 0 Å². The molecule has 0 radical (unpaired) electrons. The Labute approximate surface area is 254 Å². The predicted molar refractivity (Wildman–Crippen MR) is 134 cm³/mol. The molecule has 0 saturated carbocycles. The molecule has 4 aliphatic rings. The van der Waals surface area contributed by atoms with Gasteiger partial charge in [0.15, 0.2) is 25.2 Å². The SMILES string of the molecule is OC[C@H]1O[C@@H](O[C@H]2[C@H](O[C@H]3O[C@H](CO)[C@@H](O)[C@H](O)[C@H]3O)[C@H](O)[C@H](O[C@H]3[C@H](O)[C@@H](O)[C@@H](O)O[C@@H]3CO)O[C@@H]2CO)[C@H](O)[C@@H](O)[C@@H]1O. The second-order valence-corrected chi connectivity index (χ2v) is 11.1. The van der Waals surface area contributed by atoms with Crippen LogP contribution in [0.5, 0.6) is 0 Å². The van der Waals surface area contributed by atoms with Gasteiger partial charge in [-0.2, -0.15) is 0 Å². The number of rotatable bonds is 10. The Kier molecular flexibility index (Phi) is 12.8. The quantitative estimate of drug-likeness (QED) is 0.103. The monoisotopic (exact) mass is 666 g/mol. The highest BCUT2D eigenvalue weighted by molar-refractivity contribution is 4.98. The van der Waals surface area contributed by atoms with Crippen molar-refractivity contribution in [3.8, 4) is 0 Å². The van der Waals surface area contributed by atoms with Crippen molar-refractivity contribution in [2.75, 3.05) is 26.4 Å². The van der Waals surface area contributed by atoms with Crippen molar-refractivity contribution in [3.63, 3.8) is 0 Å². The van der Waals surface area contributed by atoms with E-state index in [4.69, 9.17) is 33.2 Å². The minimum atomic E-state index is -2.09. The molecule has 264 valence electrons. The van der Waals surface area contributed by atoms with Gasteiger partial charge in [-0.3, -0.25) is 0 Å². The van der Waals surface area contributed by atoms with E-state index in [0.29, 0.717) is 0 Å². The lowest BCUT2D eigenvalue weighted by molar-refractivity contribution is -0.398. The molecule has 4 saturated heterocycles. The molecule has 4 aliphatic heterocycles. The highest BCUT2D eigenvalue weighted by Crippen LogP contribution is 2.35. The first-order chi connectivity index (χ1) is 21.3. The van der Waals surface area contributed by atoms with E-state index in [1.807, 2.05) is 0 Å². The van der Waals surface area contributed by atoms with Gasteiger partial charge in [0, 0.05) is 0 Å². The van der Waals surface area contributed by atoms with Crippen molar-refractivity contribution in [1.82, 2.24) is 0 Å². The number of aliphatic hydroxyl groups is 14. The van der Waals surface area contributed by atoms with Gasteiger partial charge in [-0.25, -0.2) is 0 Å². The van der Waals surface area contributed by atoms with E-state index < -0.39 is 149 Å². The molecule has 0 aliphatic carbocycles. The second kappa shape index (κ2) is 15.6. The average molecular weight is 667 g/mol. The van der Waals surface area contributed by atoms with Gasteiger partial charge in [0.2, 0.25) is 0 Å². The summed E-state index contributed by atoms with van der Waals surface area (Å²) < 4.78 is 38.4. The number of hydrogen-bond acceptors (Lipinski definition) is 21. The van der Waals surface area contributed by atoms with Crippen LogP contribution < -0.4 is 0 Å². The van der Waals surface area contributed by atoms with Crippen LogP contribution in [0.15, 0.2) is 0 Å². The maximum atomic E-state index is 11.4. The molecule has 0 unspecified atom stereocenters. The second-order valence-electron chi connectivity index (χ2n) is 11.1. The minimum Gasteiger partial charge on any atom is -0.394 e. The van der Waals surface area contributed by atoms with E-state index in [2.05, 4.69) is 0 Å². The van der Waals surface area contributed by atoms with E-state index >= 15 is 0 Å². The maximum absolute atomic E-state index is 11.4. The van der Waals surface area contributed by atoms with Gasteiger partial charge in [0.05, 0.1) is 26.4 Å². The van der Waals surface area contributed by atoms with Crippen LogP contribution in [0.25, 0.3) is 0 Å². The summed E-state index contributed by atoms with van der Waals surface area (Å²) in [5.74, 6) is 0. The van der Waals surface area contributed by atoms with Gasteiger partial charge in [0.25, 0.3) is 0 Å². The van der Waals surface area contributed by atoms with E-state index in [9.17, 15) is 71.5 Å². The van der Waals surface area contributed by atoms with Crippen molar-refractivity contribution in [1.29, 1.82) is 0 Å². The molecule has 20 atom stereocenters. The first-order valence-electron chi connectivity index (χ1n) is 14.1. The molecule has 4 rings (SSSR count). The van der Waals surface area contributed by atoms with Crippen LogP contribution in [-0.2, 0) is 33.2 Å². The Morgan fingerprint density at radius 3 is 1.18 bits per heavy atom. The zero-order valence-electron chi connectivity index (χ0n) is 23.5. The summed E-state index contributed by atoms with van der Waals surface area (Å²) in [7, 11) is 0. The summed E-state index contributed by atoms with van der Waals surface area (Å²) in [6, 6.07) is 0. The van der Waals surface area contributed by atoms with Gasteiger partial charge >= 0.3 is 0 Å². The summed E-state index contributed by atoms with van der Waals surface area (Å²) in [6.07, 6.45) is -36.3. The van der Waals surface area contributed by atoms with Crippen LogP contribution in [0.4, 0.5) is 0 Å². The Bertz CT molecular complexity index is 912. The summed E-state index contributed by atoms with van der Waals surface area (Å²) >= 11 is 0. The number of aliphatic hydroxyl groups excluding tert-OH is 14. The first kappa shape index (κ1) is 37.0. The molecule has 14 N–H and O–H groups in total. The van der Waals surface area contributed by atoms with Gasteiger partial charge in [-0.05, 0) is 0 Å². The molecular weight excluding hydrogens is 624 g/mol. The van der Waals surface area contributed by atoms with Crippen LogP contribution in [0.3, 0.4) is 0 Å². The normalized spacial score (nSPS) is 52.9. The third kappa shape index (κ3) is 7.44. The highest BCUT2D eigenvalue weighted by Gasteiger charge is 2.56. The van der Waals surface area contributed by atoms with E-state index in [0.717, 1.165) is 0 Å². The fourth-order valence-corrected chi connectivity index (χ4v) is 5.53. The number of hydrogen-bond donors (Lipinski definition) is 14. The fourth-order valence-electron chi connectivity index (χ4n) is 5.53. The van der Waals surface area contributed by atoms with Crippen molar-refractivity contribution in [2.45, 2.75) is 123 Å². The Morgan fingerprint density at radius 1 is 0.333 bits per heavy atom. The molecule has 0 bridgehead atoms. The Morgan fingerprint density at radius 2 is 0.711 bits per heavy atom. The summed E-state index contributed by atoms with van der Waals surface area (Å²) in [6.45, 7) is -3.51. The lowest BCUT2D eigenvalue weighted by Gasteiger charge is -2.50. The van der Waals surface area contributed by atoms with Crippen molar-refractivity contribution >= 4 is 0 Å². The molecule has 0 aromatic heterocycles. The van der Waals surface area contributed by atoms with Crippen LogP contribution >= 0.6 is 0 Å². The lowest BCUT2D eigenvalue weighted by atomic mass is 9.95. The average Bonchev–Trinajstić information content (AvgIpc) is 3.03. The molecule has 21 heteroatoms. The molecule has 0 aromatic carbocycles. The molecule has 4 heterocycles. The lowest BCUT2D eigenvalue weighted by Crippen LogP contribution is -2.68. The highest BCUT2D eigenvalue weighted by atomic mass is 16.8. The van der Waals surface area contributed by atoms with Crippen LogP contribution in [0, 0.1) is 0 Å². The topological polar surface area (TPSA) is 348 Å². The Balaban J connectivity index is 1.64. The third-order valence-electron chi connectivity index (χ3n) is 8.20. The molecule has 0 amide bonds. The molecular formula is C24H42O21. The summed E-state index contributed by atoms with van der Waals surface area (Å²) in [5, 5.41) is 143. The van der Waals surface area contributed by atoms with Gasteiger partial charge in [0.1, 0.15) is 97.7 Å². The van der Waals surface area contributed by atoms with Crippen molar-refractivity contribution < 1.29 is 105 Å². The van der Waals surface area contributed by atoms with Crippen LogP contribution in [0.2, 0.25) is 0 Å². The van der Waals surface area contributed by atoms with Crippen LogP contribution in [0.1, 0.15) is 0 Å². The Hall–Kier alpha value is -0.840. The largest absolute Gasteiger partial charge is 0.394 e. The molecule has 45 heavy (non-hydrogen) atoms. The van der Waals surface area contributed by atoms with E-state index in [-0.39, 0.29) is 0 Å². The molecule has 0 spiro atoms. The fraction of sp³-hybridized carbons (Fsp3) is 1.00. The summed E-state index contributed by atoms with van der Waals surface area (Å²) in [5.41, 5.74) is 0. The molecule has 0 aromatic rings. The summed E-state index contributed by atoms with van der Waals surface area (Å²) in [4.78, 5) is 0. The standard InChI is InChI=1S/C24H42O21/c25-1-5-9(29)11(31)15(35)22(40-5)44-19-8(4-28)42-24(43-18-7(3-27)39-21(38)14(34)13(18)33)17(37)20(19)45-23-16(36)12(32)10(30)6(2-26)41-23/h5-38H,1-4H2/t5-,6-,7-,8-,9-,10-,11+,12+,13-,14-,15-,16-,17+,18-,19-,20-,21+,22+,23-,24+/m1/s1. The zero-order chi connectivity index (χ0) is 33.3. The third-order valence-corrected chi connectivity index (χ3v) is 8.20. The first-order valence-corrected chi connectivity index (χ1v) is 14.1.